The van der Waals surface area contributed by atoms with Gasteiger partial charge in [-0.05, 0) is 13.3 Å². The lowest BCUT2D eigenvalue weighted by molar-refractivity contribution is -0.365. The zero-order valence-corrected chi connectivity index (χ0v) is 13.4. The molecule has 0 saturated carbocycles. The van der Waals surface area contributed by atoms with Crippen molar-refractivity contribution < 1.29 is 29.2 Å². The van der Waals surface area contributed by atoms with Gasteiger partial charge in [-0.25, -0.2) is 0 Å². The van der Waals surface area contributed by atoms with Crippen LogP contribution in [0.2, 0.25) is 0 Å². The van der Waals surface area contributed by atoms with Crippen LogP contribution in [0.15, 0.2) is 30.3 Å². The van der Waals surface area contributed by atoms with Crippen molar-refractivity contribution in [1.82, 2.24) is 0 Å². The molecule has 6 nitrogen and oxygen atoms in total. The molecule has 0 aliphatic carbocycles. The normalized spacial score (nSPS) is 38.8. The lowest BCUT2D eigenvalue weighted by Gasteiger charge is -2.46. The van der Waals surface area contributed by atoms with Gasteiger partial charge in [0.15, 0.2) is 12.6 Å². The van der Waals surface area contributed by atoms with Gasteiger partial charge in [-0.15, -0.1) is 0 Å². The Bertz CT molecular complexity index is 493. The fourth-order valence-corrected chi connectivity index (χ4v) is 2.79. The Morgan fingerprint density at radius 1 is 1.17 bits per heavy atom. The highest BCUT2D eigenvalue weighted by molar-refractivity contribution is 5.16. The molecule has 2 heterocycles. The summed E-state index contributed by atoms with van der Waals surface area (Å²) in [6, 6.07) is 9.49. The summed E-state index contributed by atoms with van der Waals surface area (Å²) in [6.07, 6.45) is -4.09. The quantitative estimate of drug-likeness (QED) is 0.871. The van der Waals surface area contributed by atoms with Gasteiger partial charge in [-0.3, -0.25) is 0 Å². The van der Waals surface area contributed by atoms with E-state index in [9.17, 15) is 10.2 Å². The summed E-state index contributed by atoms with van der Waals surface area (Å²) in [4.78, 5) is 0. The predicted molar refractivity (Wildman–Crippen MR) is 81.5 cm³/mol. The van der Waals surface area contributed by atoms with Crippen LogP contribution in [-0.4, -0.2) is 53.6 Å². The van der Waals surface area contributed by atoms with Crippen molar-refractivity contribution in [2.24, 2.45) is 0 Å². The number of rotatable bonds is 4. The molecular weight excluding hydrogens is 300 g/mol. The Labute approximate surface area is 135 Å². The topological polar surface area (TPSA) is 77.4 Å². The third-order valence-electron chi connectivity index (χ3n) is 4.35. The van der Waals surface area contributed by atoms with Gasteiger partial charge in [0.1, 0.15) is 24.4 Å². The van der Waals surface area contributed by atoms with E-state index in [1.807, 2.05) is 44.2 Å². The van der Waals surface area contributed by atoms with Crippen LogP contribution in [0.5, 0.6) is 0 Å². The van der Waals surface area contributed by atoms with Crippen molar-refractivity contribution in [1.29, 1.82) is 0 Å². The van der Waals surface area contributed by atoms with Crippen LogP contribution in [0.3, 0.4) is 0 Å². The molecule has 2 fully saturated rings. The van der Waals surface area contributed by atoms with Gasteiger partial charge in [0.25, 0.3) is 0 Å². The molecule has 0 radical (unpaired) electrons. The minimum absolute atomic E-state index is 0.0686. The van der Waals surface area contributed by atoms with Gasteiger partial charge in [0.05, 0.1) is 12.7 Å². The summed E-state index contributed by atoms with van der Waals surface area (Å²) in [5.41, 5.74) is 0.866. The second-order valence-electron chi connectivity index (χ2n) is 6.06. The van der Waals surface area contributed by atoms with Gasteiger partial charge in [-0.1, -0.05) is 37.3 Å². The average Bonchev–Trinajstić information content (AvgIpc) is 2.60. The average molecular weight is 324 g/mol. The highest BCUT2D eigenvalue weighted by Crippen LogP contribution is 2.34. The molecule has 7 atom stereocenters. The molecule has 6 heteroatoms. The number of hydrogen-bond donors (Lipinski definition) is 2. The summed E-state index contributed by atoms with van der Waals surface area (Å²) < 4.78 is 22.9. The molecular formula is C17H24O6. The number of aliphatic hydroxyl groups is 2. The smallest absolute Gasteiger partial charge is 0.186 e. The summed E-state index contributed by atoms with van der Waals surface area (Å²) in [5.74, 6) is 0. The second kappa shape index (κ2) is 7.25. The summed E-state index contributed by atoms with van der Waals surface area (Å²) in [5, 5.41) is 20.7. The first-order valence-corrected chi connectivity index (χ1v) is 8.09. The van der Waals surface area contributed by atoms with Crippen LogP contribution in [0.1, 0.15) is 32.1 Å². The van der Waals surface area contributed by atoms with Crippen LogP contribution in [0.4, 0.5) is 0 Å². The highest BCUT2D eigenvalue weighted by Gasteiger charge is 2.49. The molecule has 128 valence electrons. The molecule has 0 spiro atoms. The number of aliphatic hydroxyl groups excluding tert-OH is 2. The first kappa shape index (κ1) is 16.8. The molecule has 0 aromatic heterocycles. The molecule has 2 saturated heterocycles. The maximum absolute atomic E-state index is 10.4. The van der Waals surface area contributed by atoms with E-state index in [1.54, 1.807) is 0 Å². The van der Waals surface area contributed by atoms with Gasteiger partial charge < -0.3 is 29.2 Å². The van der Waals surface area contributed by atoms with Gasteiger partial charge in [-0.2, -0.15) is 0 Å². The first-order valence-electron chi connectivity index (χ1n) is 8.09. The molecule has 7 unspecified atom stereocenters. The summed E-state index contributed by atoms with van der Waals surface area (Å²) >= 11 is 0. The third-order valence-corrected chi connectivity index (χ3v) is 4.35. The maximum atomic E-state index is 10.4. The fraction of sp³-hybridized carbons (Fsp3) is 0.647. The molecule has 23 heavy (non-hydrogen) atoms. The van der Waals surface area contributed by atoms with Crippen molar-refractivity contribution in [3.63, 3.8) is 0 Å². The minimum atomic E-state index is -1.15. The molecule has 2 aliphatic heterocycles. The van der Waals surface area contributed by atoms with E-state index in [0.717, 1.165) is 12.0 Å². The van der Waals surface area contributed by atoms with Gasteiger partial charge in [0.2, 0.25) is 0 Å². The van der Waals surface area contributed by atoms with E-state index in [2.05, 4.69) is 0 Å². The predicted octanol–water partition coefficient (Wildman–Crippen LogP) is 1.36. The zero-order chi connectivity index (χ0) is 16.4. The Morgan fingerprint density at radius 2 is 1.91 bits per heavy atom. The Kier molecular flexibility index (Phi) is 5.31. The number of hydrogen-bond acceptors (Lipinski definition) is 6. The van der Waals surface area contributed by atoms with Crippen LogP contribution in [0, 0.1) is 0 Å². The van der Waals surface area contributed by atoms with Gasteiger partial charge in [0, 0.05) is 5.56 Å². The number of benzene rings is 1. The fourth-order valence-electron chi connectivity index (χ4n) is 2.79. The monoisotopic (exact) mass is 324 g/mol. The first-order chi connectivity index (χ1) is 11.1. The van der Waals surface area contributed by atoms with Crippen LogP contribution in [-0.2, 0) is 18.9 Å². The highest BCUT2D eigenvalue weighted by atomic mass is 16.8. The SMILES string of the molecule is CCC(C)OC1OC2COC(c3ccccc3)OC2C(O)C1O. The second-order valence-corrected chi connectivity index (χ2v) is 6.06. The molecule has 2 aliphatic rings. The van der Waals surface area contributed by atoms with E-state index in [-0.39, 0.29) is 12.7 Å². The Morgan fingerprint density at radius 3 is 2.61 bits per heavy atom. The largest absolute Gasteiger partial charge is 0.387 e. The Hall–Kier alpha value is -1.02. The number of ether oxygens (including phenoxy) is 4. The summed E-state index contributed by atoms with van der Waals surface area (Å²) in [7, 11) is 0. The van der Waals surface area contributed by atoms with Crippen molar-refractivity contribution in [2.75, 3.05) is 6.61 Å². The standard InChI is InChI=1S/C17H24O6/c1-3-10(2)21-17-14(19)13(18)15-12(22-17)9-20-16(23-15)11-7-5-4-6-8-11/h4-8,10,12-19H,3,9H2,1-2H3. The lowest BCUT2D eigenvalue weighted by Crippen LogP contribution is -2.62. The van der Waals surface area contributed by atoms with Crippen molar-refractivity contribution in [3.8, 4) is 0 Å². The Balaban J connectivity index is 1.68. The van der Waals surface area contributed by atoms with Crippen molar-refractivity contribution >= 4 is 0 Å². The van der Waals surface area contributed by atoms with Crippen LogP contribution < -0.4 is 0 Å². The molecule has 1 aromatic rings. The van der Waals surface area contributed by atoms with E-state index in [4.69, 9.17) is 18.9 Å². The number of fused-ring (bicyclic) bond motifs is 1. The van der Waals surface area contributed by atoms with Crippen LogP contribution >= 0.6 is 0 Å². The summed E-state index contributed by atoms with van der Waals surface area (Å²) in [6.45, 7) is 4.15. The van der Waals surface area contributed by atoms with Gasteiger partial charge >= 0.3 is 0 Å². The molecule has 1 aromatic carbocycles. The van der Waals surface area contributed by atoms with Crippen molar-refractivity contribution in [2.45, 2.75) is 63.4 Å². The minimum Gasteiger partial charge on any atom is -0.387 e. The zero-order valence-electron chi connectivity index (χ0n) is 13.4. The lowest BCUT2D eigenvalue weighted by atomic mass is 9.98. The maximum Gasteiger partial charge on any atom is 0.186 e. The molecule has 0 amide bonds. The molecule has 0 bridgehead atoms. The van der Waals surface area contributed by atoms with Crippen LogP contribution in [0.25, 0.3) is 0 Å². The molecule has 2 N–H and O–H groups in total. The van der Waals surface area contributed by atoms with Crippen molar-refractivity contribution in [3.05, 3.63) is 35.9 Å². The van der Waals surface area contributed by atoms with E-state index >= 15 is 0 Å². The van der Waals surface area contributed by atoms with E-state index in [1.165, 1.54) is 0 Å². The van der Waals surface area contributed by atoms with E-state index in [0.29, 0.717) is 0 Å². The third kappa shape index (κ3) is 3.57. The molecule has 3 rings (SSSR count). The van der Waals surface area contributed by atoms with E-state index < -0.39 is 37.0 Å².